The highest BCUT2D eigenvalue weighted by Crippen LogP contribution is 2.17. The first kappa shape index (κ1) is 12.6. The van der Waals surface area contributed by atoms with Gasteiger partial charge in [0.05, 0.1) is 5.71 Å². The SMILES string of the molecule is C/C(=N\OC(C)(C)C)c1ccc2ccccc2c1. The zero-order valence-electron chi connectivity index (χ0n) is 11.4. The van der Waals surface area contributed by atoms with Crippen molar-refractivity contribution in [2.24, 2.45) is 5.16 Å². The Morgan fingerprint density at radius 3 is 2.33 bits per heavy atom. The average molecular weight is 241 g/mol. The molecule has 2 aromatic carbocycles. The summed E-state index contributed by atoms with van der Waals surface area (Å²) >= 11 is 0. The average Bonchev–Trinajstić information content (AvgIpc) is 2.34. The highest BCUT2D eigenvalue weighted by molar-refractivity contribution is 6.01. The number of hydrogen-bond donors (Lipinski definition) is 0. The first-order valence-electron chi connectivity index (χ1n) is 6.18. The predicted molar refractivity (Wildman–Crippen MR) is 77.0 cm³/mol. The standard InChI is InChI=1S/C16H19NO/c1-12(17-18-16(2,3)4)14-10-9-13-7-5-6-8-15(13)11-14/h5-11H,1-4H3/b17-12+. The predicted octanol–water partition coefficient (Wildman–Crippen LogP) is 4.38. The normalized spacial score (nSPS) is 12.8. The summed E-state index contributed by atoms with van der Waals surface area (Å²) in [7, 11) is 0. The van der Waals surface area contributed by atoms with E-state index in [2.05, 4.69) is 35.5 Å². The number of hydrogen-bond acceptors (Lipinski definition) is 2. The van der Waals surface area contributed by atoms with Gasteiger partial charge in [0.15, 0.2) is 0 Å². The van der Waals surface area contributed by atoms with Crippen LogP contribution in [0, 0.1) is 0 Å². The Morgan fingerprint density at radius 1 is 1.00 bits per heavy atom. The summed E-state index contributed by atoms with van der Waals surface area (Å²) in [6.45, 7) is 7.94. The van der Waals surface area contributed by atoms with Crippen LogP contribution in [0.1, 0.15) is 33.3 Å². The van der Waals surface area contributed by atoms with E-state index < -0.39 is 0 Å². The van der Waals surface area contributed by atoms with Crippen LogP contribution < -0.4 is 0 Å². The third-order valence-corrected chi connectivity index (χ3v) is 2.62. The monoisotopic (exact) mass is 241 g/mol. The van der Waals surface area contributed by atoms with Crippen LogP contribution >= 0.6 is 0 Å². The van der Waals surface area contributed by atoms with Crippen LogP contribution in [0.25, 0.3) is 10.8 Å². The molecular weight excluding hydrogens is 222 g/mol. The molecule has 0 aliphatic rings. The molecule has 0 aliphatic heterocycles. The van der Waals surface area contributed by atoms with Gasteiger partial charge < -0.3 is 4.84 Å². The number of nitrogens with zero attached hydrogens (tertiary/aromatic N) is 1. The molecular formula is C16H19NO. The maximum Gasteiger partial charge on any atom is 0.129 e. The lowest BCUT2D eigenvalue weighted by atomic mass is 10.0. The van der Waals surface area contributed by atoms with E-state index in [-0.39, 0.29) is 5.60 Å². The van der Waals surface area contributed by atoms with Crippen LogP contribution in [0.15, 0.2) is 47.6 Å². The van der Waals surface area contributed by atoms with Crippen molar-refractivity contribution in [2.45, 2.75) is 33.3 Å². The maximum absolute atomic E-state index is 5.45. The minimum atomic E-state index is -0.252. The van der Waals surface area contributed by atoms with Gasteiger partial charge in [-0.2, -0.15) is 0 Å². The summed E-state index contributed by atoms with van der Waals surface area (Å²) in [5.41, 5.74) is 1.74. The fraction of sp³-hybridized carbons (Fsp3) is 0.312. The quantitative estimate of drug-likeness (QED) is 0.565. The first-order chi connectivity index (χ1) is 8.46. The Kier molecular flexibility index (Phi) is 3.37. The second-order valence-corrected chi connectivity index (χ2v) is 5.44. The van der Waals surface area contributed by atoms with Crippen LogP contribution in [0.2, 0.25) is 0 Å². The van der Waals surface area contributed by atoms with Crippen LogP contribution in [0.4, 0.5) is 0 Å². The number of fused-ring (bicyclic) bond motifs is 1. The molecule has 0 saturated heterocycles. The van der Waals surface area contributed by atoms with E-state index in [9.17, 15) is 0 Å². The number of oxime groups is 1. The van der Waals surface area contributed by atoms with Gasteiger partial charge in [-0.05, 0) is 50.1 Å². The Morgan fingerprint density at radius 2 is 1.67 bits per heavy atom. The lowest BCUT2D eigenvalue weighted by Crippen LogP contribution is -2.16. The van der Waals surface area contributed by atoms with E-state index >= 15 is 0 Å². The fourth-order valence-corrected chi connectivity index (χ4v) is 1.67. The van der Waals surface area contributed by atoms with E-state index in [1.54, 1.807) is 0 Å². The molecule has 2 nitrogen and oxygen atoms in total. The van der Waals surface area contributed by atoms with Crippen molar-refractivity contribution in [3.8, 4) is 0 Å². The molecule has 0 saturated carbocycles. The third-order valence-electron chi connectivity index (χ3n) is 2.62. The van der Waals surface area contributed by atoms with Gasteiger partial charge in [-0.3, -0.25) is 0 Å². The van der Waals surface area contributed by atoms with Gasteiger partial charge in [0.2, 0.25) is 0 Å². The summed E-state index contributed by atoms with van der Waals surface area (Å²) in [6, 6.07) is 14.6. The number of rotatable bonds is 2. The van der Waals surface area contributed by atoms with E-state index in [1.807, 2.05) is 39.8 Å². The molecule has 0 fully saturated rings. The molecule has 0 amide bonds. The van der Waals surface area contributed by atoms with Crippen molar-refractivity contribution < 1.29 is 4.84 Å². The van der Waals surface area contributed by atoms with E-state index in [0.717, 1.165) is 11.3 Å². The molecule has 2 heteroatoms. The highest BCUT2D eigenvalue weighted by atomic mass is 16.6. The Labute approximate surface area is 108 Å². The summed E-state index contributed by atoms with van der Waals surface area (Å²) in [6.07, 6.45) is 0. The Balaban J connectivity index is 2.30. The van der Waals surface area contributed by atoms with Crippen molar-refractivity contribution in [1.29, 1.82) is 0 Å². The van der Waals surface area contributed by atoms with Gasteiger partial charge in [-0.25, -0.2) is 0 Å². The van der Waals surface area contributed by atoms with Crippen molar-refractivity contribution in [2.75, 3.05) is 0 Å². The lowest BCUT2D eigenvalue weighted by molar-refractivity contribution is 0.000957. The van der Waals surface area contributed by atoms with Gasteiger partial charge >= 0.3 is 0 Å². The molecule has 18 heavy (non-hydrogen) atoms. The molecule has 2 aromatic rings. The minimum absolute atomic E-state index is 0.252. The fourth-order valence-electron chi connectivity index (χ4n) is 1.67. The van der Waals surface area contributed by atoms with Crippen molar-refractivity contribution in [3.05, 3.63) is 48.0 Å². The Hall–Kier alpha value is -1.83. The summed E-state index contributed by atoms with van der Waals surface area (Å²) in [5.74, 6) is 0. The minimum Gasteiger partial charge on any atom is -0.390 e. The largest absolute Gasteiger partial charge is 0.390 e. The van der Waals surface area contributed by atoms with E-state index in [0.29, 0.717) is 0 Å². The smallest absolute Gasteiger partial charge is 0.129 e. The lowest BCUT2D eigenvalue weighted by Gasteiger charge is -2.16. The first-order valence-corrected chi connectivity index (χ1v) is 6.18. The molecule has 0 radical (unpaired) electrons. The molecule has 0 N–H and O–H groups in total. The summed E-state index contributed by atoms with van der Waals surface area (Å²) in [4.78, 5) is 5.45. The van der Waals surface area contributed by atoms with Gasteiger partial charge in [-0.15, -0.1) is 0 Å². The summed E-state index contributed by atoms with van der Waals surface area (Å²) < 4.78 is 0. The molecule has 0 heterocycles. The van der Waals surface area contributed by atoms with Crippen LogP contribution in [-0.4, -0.2) is 11.3 Å². The van der Waals surface area contributed by atoms with E-state index in [1.165, 1.54) is 10.8 Å². The molecule has 0 spiro atoms. The molecule has 2 rings (SSSR count). The second-order valence-electron chi connectivity index (χ2n) is 5.44. The highest BCUT2D eigenvalue weighted by Gasteiger charge is 2.10. The van der Waals surface area contributed by atoms with Crippen molar-refractivity contribution in [1.82, 2.24) is 0 Å². The molecule has 0 bridgehead atoms. The molecule has 94 valence electrons. The molecule has 0 atom stereocenters. The van der Waals surface area contributed by atoms with Gasteiger partial charge in [-0.1, -0.05) is 41.6 Å². The van der Waals surface area contributed by atoms with Gasteiger partial charge in [0, 0.05) is 0 Å². The zero-order chi connectivity index (χ0) is 13.2. The molecule has 0 aromatic heterocycles. The maximum atomic E-state index is 5.45. The Bertz CT molecular complexity index is 579. The van der Waals surface area contributed by atoms with Crippen LogP contribution in [-0.2, 0) is 4.84 Å². The van der Waals surface area contributed by atoms with Crippen LogP contribution in [0.3, 0.4) is 0 Å². The molecule has 0 aliphatic carbocycles. The van der Waals surface area contributed by atoms with Crippen molar-refractivity contribution >= 4 is 16.5 Å². The number of benzene rings is 2. The molecule has 0 unspecified atom stereocenters. The third kappa shape index (κ3) is 3.10. The second kappa shape index (κ2) is 4.81. The van der Waals surface area contributed by atoms with Gasteiger partial charge in [0.25, 0.3) is 0 Å². The van der Waals surface area contributed by atoms with Gasteiger partial charge in [0.1, 0.15) is 5.60 Å². The summed E-state index contributed by atoms with van der Waals surface area (Å²) in [5, 5.41) is 6.65. The van der Waals surface area contributed by atoms with Crippen molar-refractivity contribution in [3.63, 3.8) is 0 Å². The van der Waals surface area contributed by atoms with Crippen LogP contribution in [0.5, 0.6) is 0 Å². The zero-order valence-corrected chi connectivity index (χ0v) is 11.4. The van der Waals surface area contributed by atoms with E-state index in [4.69, 9.17) is 4.84 Å². The topological polar surface area (TPSA) is 21.6 Å².